The average molecular weight is 506 g/mol. The molecule has 0 fully saturated rings. The maximum absolute atomic E-state index is 13.3. The van der Waals surface area contributed by atoms with E-state index in [2.05, 4.69) is 4.98 Å². The standard InChI is InChI=1S/C31H23NO6/c1-35-25-11-3-2-7-20(25)16-27-30(34)23-12-13-26-29(31(23)38-27)24(17-28(33)37-26)19-8-6-10-22(15-19)36-18-21-9-4-5-14-32-21/h2-16,24H,17-18H2,1H3/b27-16-/t24-/m1/s1. The number of hydrogen-bond donors (Lipinski definition) is 0. The Kier molecular flexibility index (Phi) is 6.09. The number of nitrogens with zero attached hydrogens (tertiary/aromatic N) is 1. The van der Waals surface area contributed by atoms with Crippen LogP contribution in [0.1, 0.15) is 45.1 Å². The summed E-state index contributed by atoms with van der Waals surface area (Å²) in [7, 11) is 1.58. The topological polar surface area (TPSA) is 83.9 Å². The first-order valence-corrected chi connectivity index (χ1v) is 12.2. The maximum Gasteiger partial charge on any atom is 0.312 e. The van der Waals surface area contributed by atoms with Gasteiger partial charge < -0.3 is 18.9 Å². The number of Topliss-reactive ketones (excluding diaryl/α,β-unsaturated/α-hetero) is 1. The molecular weight excluding hydrogens is 482 g/mol. The van der Waals surface area contributed by atoms with Gasteiger partial charge in [0.15, 0.2) is 5.76 Å². The monoisotopic (exact) mass is 505 g/mol. The fraction of sp³-hybridized carbons (Fsp3) is 0.129. The molecule has 0 aliphatic carbocycles. The van der Waals surface area contributed by atoms with Crippen LogP contribution in [0, 0.1) is 0 Å². The molecule has 3 aromatic carbocycles. The summed E-state index contributed by atoms with van der Waals surface area (Å²) in [4.78, 5) is 30.1. The highest BCUT2D eigenvalue weighted by atomic mass is 16.5. The van der Waals surface area contributed by atoms with Crippen molar-refractivity contribution in [3.63, 3.8) is 0 Å². The molecule has 0 unspecified atom stereocenters. The molecule has 4 aromatic rings. The molecule has 0 bridgehead atoms. The van der Waals surface area contributed by atoms with Crippen molar-refractivity contribution in [3.8, 4) is 23.0 Å². The smallest absolute Gasteiger partial charge is 0.312 e. The van der Waals surface area contributed by atoms with Crippen LogP contribution in [0.15, 0.2) is 90.8 Å². The van der Waals surface area contributed by atoms with E-state index >= 15 is 0 Å². The average Bonchev–Trinajstić information content (AvgIpc) is 3.27. The minimum absolute atomic E-state index is 0.107. The molecule has 2 aliphatic rings. The van der Waals surface area contributed by atoms with Gasteiger partial charge in [0.25, 0.3) is 0 Å². The van der Waals surface area contributed by atoms with Gasteiger partial charge in [-0.2, -0.15) is 0 Å². The van der Waals surface area contributed by atoms with Crippen LogP contribution in [-0.2, 0) is 11.4 Å². The van der Waals surface area contributed by atoms with Crippen LogP contribution in [0.25, 0.3) is 6.08 Å². The van der Waals surface area contributed by atoms with Gasteiger partial charge in [-0.25, -0.2) is 0 Å². The molecule has 0 amide bonds. The van der Waals surface area contributed by atoms with Crippen molar-refractivity contribution >= 4 is 17.8 Å². The van der Waals surface area contributed by atoms with Gasteiger partial charge in [-0.3, -0.25) is 14.6 Å². The summed E-state index contributed by atoms with van der Waals surface area (Å²) in [6.07, 6.45) is 3.50. The molecule has 2 aliphatic heterocycles. The van der Waals surface area contributed by atoms with E-state index in [-0.39, 0.29) is 29.9 Å². The number of fused-ring (bicyclic) bond motifs is 3. The number of rotatable bonds is 6. The van der Waals surface area contributed by atoms with Crippen LogP contribution in [0.4, 0.5) is 0 Å². The molecule has 3 heterocycles. The Hall–Kier alpha value is -4.91. The van der Waals surface area contributed by atoms with Crippen LogP contribution in [0.5, 0.6) is 23.0 Å². The van der Waals surface area contributed by atoms with E-state index < -0.39 is 0 Å². The van der Waals surface area contributed by atoms with Crippen LogP contribution in [0.2, 0.25) is 0 Å². The van der Waals surface area contributed by atoms with E-state index in [0.717, 1.165) is 16.8 Å². The number of allylic oxidation sites excluding steroid dienone is 1. The Bertz CT molecular complexity index is 1580. The van der Waals surface area contributed by atoms with Crippen molar-refractivity contribution in [2.24, 2.45) is 0 Å². The van der Waals surface area contributed by atoms with Gasteiger partial charge in [-0.1, -0.05) is 36.4 Å². The summed E-state index contributed by atoms with van der Waals surface area (Å²) in [5, 5.41) is 0. The van der Waals surface area contributed by atoms with E-state index in [9.17, 15) is 9.59 Å². The molecule has 0 saturated heterocycles. The first-order chi connectivity index (χ1) is 18.6. The number of pyridine rings is 1. The molecule has 7 heteroatoms. The lowest BCUT2D eigenvalue weighted by Crippen LogP contribution is -2.21. The molecule has 1 aromatic heterocycles. The van der Waals surface area contributed by atoms with Gasteiger partial charge in [0.1, 0.15) is 29.6 Å². The fourth-order valence-electron chi connectivity index (χ4n) is 4.78. The first-order valence-electron chi connectivity index (χ1n) is 12.2. The van der Waals surface area contributed by atoms with Crippen LogP contribution in [0.3, 0.4) is 0 Å². The molecule has 0 N–H and O–H groups in total. The minimum atomic E-state index is -0.377. The summed E-state index contributed by atoms with van der Waals surface area (Å²) < 4.78 is 23.1. The fourth-order valence-corrected chi connectivity index (χ4v) is 4.78. The van der Waals surface area contributed by atoms with Crippen molar-refractivity contribution < 1.29 is 28.5 Å². The maximum atomic E-state index is 13.3. The summed E-state index contributed by atoms with van der Waals surface area (Å²) >= 11 is 0. The normalized spacial score (nSPS) is 16.9. The van der Waals surface area contributed by atoms with E-state index in [0.29, 0.717) is 40.7 Å². The van der Waals surface area contributed by atoms with Gasteiger partial charge >= 0.3 is 5.97 Å². The van der Waals surface area contributed by atoms with Crippen LogP contribution < -0.4 is 18.9 Å². The van der Waals surface area contributed by atoms with E-state index in [1.807, 2.05) is 66.7 Å². The predicted octanol–water partition coefficient (Wildman–Crippen LogP) is 5.73. The lowest BCUT2D eigenvalue weighted by molar-refractivity contribution is -0.135. The number of methoxy groups -OCH3 is 1. The third-order valence-electron chi connectivity index (χ3n) is 6.58. The SMILES string of the molecule is COc1ccccc1/C=C1\Oc2c(ccc3c2[C@@H](c2cccc(OCc4ccccn4)c2)CC(=O)O3)C1=O. The first kappa shape index (κ1) is 23.5. The lowest BCUT2D eigenvalue weighted by atomic mass is 9.84. The predicted molar refractivity (Wildman–Crippen MR) is 139 cm³/mol. The van der Waals surface area contributed by atoms with Gasteiger partial charge in [0.2, 0.25) is 5.78 Å². The van der Waals surface area contributed by atoms with Crippen LogP contribution >= 0.6 is 0 Å². The largest absolute Gasteiger partial charge is 0.496 e. The molecule has 188 valence electrons. The zero-order valence-electron chi connectivity index (χ0n) is 20.5. The van der Waals surface area contributed by atoms with Gasteiger partial charge in [0.05, 0.1) is 24.8 Å². The van der Waals surface area contributed by atoms with Gasteiger partial charge in [0, 0.05) is 23.2 Å². The van der Waals surface area contributed by atoms with E-state index in [1.54, 1.807) is 31.5 Å². The molecule has 7 nitrogen and oxygen atoms in total. The molecule has 1 atom stereocenters. The summed E-state index contributed by atoms with van der Waals surface area (Å²) in [6.45, 7) is 0.317. The molecule has 0 saturated carbocycles. The van der Waals surface area contributed by atoms with E-state index in [1.165, 1.54) is 0 Å². The highest BCUT2D eigenvalue weighted by Crippen LogP contribution is 2.49. The number of carbonyl (C=O) groups is 2. The Labute approximate surface area is 219 Å². The zero-order valence-corrected chi connectivity index (χ0v) is 20.5. The number of aromatic nitrogens is 1. The number of hydrogen-bond acceptors (Lipinski definition) is 7. The third kappa shape index (κ3) is 4.39. The van der Waals surface area contributed by atoms with Crippen LogP contribution in [-0.4, -0.2) is 23.8 Å². The molecule has 0 spiro atoms. The third-order valence-corrected chi connectivity index (χ3v) is 6.58. The quantitative estimate of drug-likeness (QED) is 0.188. The Morgan fingerprint density at radius 3 is 2.68 bits per heavy atom. The minimum Gasteiger partial charge on any atom is -0.496 e. The Morgan fingerprint density at radius 1 is 0.974 bits per heavy atom. The highest BCUT2D eigenvalue weighted by Gasteiger charge is 2.38. The Balaban J connectivity index is 1.36. The zero-order chi connectivity index (χ0) is 26.1. The molecule has 6 rings (SSSR count). The van der Waals surface area contributed by atoms with Crippen molar-refractivity contribution in [1.82, 2.24) is 4.98 Å². The summed E-state index contributed by atoms with van der Waals surface area (Å²) in [5.41, 5.74) is 3.48. The molecule has 0 radical (unpaired) electrons. The summed E-state index contributed by atoms with van der Waals surface area (Å²) in [6, 6.07) is 23.9. The second kappa shape index (κ2) is 9.86. The van der Waals surface area contributed by atoms with E-state index in [4.69, 9.17) is 18.9 Å². The second-order valence-corrected chi connectivity index (χ2v) is 8.95. The second-order valence-electron chi connectivity index (χ2n) is 8.95. The lowest BCUT2D eigenvalue weighted by Gasteiger charge is -2.26. The number of carbonyl (C=O) groups excluding carboxylic acids is 2. The van der Waals surface area contributed by atoms with Gasteiger partial charge in [-0.15, -0.1) is 0 Å². The number of para-hydroxylation sites is 1. The Morgan fingerprint density at radius 2 is 1.84 bits per heavy atom. The van der Waals surface area contributed by atoms with Crippen molar-refractivity contribution in [2.75, 3.05) is 7.11 Å². The molecular formula is C31H23NO6. The number of benzene rings is 3. The van der Waals surface area contributed by atoms with Gasteiger partial charge in [-0.05, 0) is 54.1 Å². The summed E-state index contributed by atoms with van der Waals surface area (Å²) in [5.74, 6) is 1.29. The number of ether oxygens (including phenoxy) is 4. The van der Waals surface area contributed by atoms with Crippen molar-refractivity contribution in [2.45, 2.75) is 18.9 Å². The van der Waals surface area contributed by atoms with Crippen molar-refractivity contribution in [1.29, 1.82) is 0 Å². The van der Waals surface area contributed by atoms with Crippen molar-refractivity contribution in [3.05, 3.63) is 119 Å². The molecule has 38 heavy (non-hydrogen) atoms. The number of ketones is 1. The number of esters is 1. The highest BCUT2D eigenvalue weighted by molar-refractivity contribution is 6.15.